The van der Waals surface area contributed by atoms with Crippen molar-refractivity contribution in [3.8, 4) is 0 Å². The van der Waals surface area contributed by atoms with Gasteiger partial charge in [-0.15, -0.1) is 0 Å². The minimum Gasteiger partial charge on any atom is -0.373 e. The minimum atomic E-state index is -4.18. The first-order chi connectivity index (χ1) is 6.47. The van der Waals surface area contributed by atoms with E-state index >= 15 is 0 Å². The molecule has 0 bridgehead atoms. The smallest absolute Gasteiger partial charge is 0.373 e. The van der Waals surface area contributed by atoms with Crippen LogP contribution < -0.4 is 5.32 Å². The maximum atomic E-state index is 12.4. The molecular formula is C9H7BrF3N. The minimum absolute atomic E-state index is 0.0122. The molecule has 0 saturated carbocycles. The fraction of sp³-hybridized carbons (Fsp3) is 0.333. The molecule has 5 heteroatoms. The van der Waals surface area contributed by atoms with E-state index in [-0.39, 0.29) is 6.42 Å². The largest absolute Gasteiger partial charge is 0.408 e. The lowest BCUT2D eigenvalue weighted by Crippen LogP contribution is -2.34. The molecule has 76 valence electrons. The van der Waals surface area contributed by atoms with Crippen molar-refractivity contribution in [2.45, 2.75) is 18.6 Å². The Balaban J connectivity index is 2.26. The molecule has 1 atom stereocenters. The highest BCUT2D eigenvalue weighted by atomic mass is 79.9. The number of rotatable bonds is 0. The van der Waals surface area contributed by atoms with E-state index < -0.39 is 12.2 Å². The summed E-state index contributed by atoms with van der Waals surface area (Å²) in [5.74, 6) is 0. The van der Waals surface area contributed by atoms with Gasteiger partial charge in [-0.3, -0.25) is 0 Å². The molecule has 0 spiro atoms. The first-order valence-electron chi connectivity index (χ1n) is 4.08. The summed E-state index contributed by atoms with van der Waals surface area (Å²) in [5.41, 5.74) is 1.29. The van der Waals surface area contributed by atoms with Crippen molar-refractivity contribution in [3.05, 3.63) is 28.2 Å². The molecule has 0 aromatic heterocycles. The van der Waals surface area contributed by atoms with E-state index in [2.05, 4.69) is 21.2 Å². The molecule has 0 aliphatic carbocycles. The second kappa shape index (κ2) is 3.15. The summed E-state index contributed by atoms with van der Waals surface area (Å²) in [5, 5.41) is 2.46. The zero-order valence-electron chi connectivity index (χ0n) is 7.03. The normalized spacial score (nSPS) is 20.4. The molecule has 0 radical (unpaired) electrons. The van der Waals surface area contributed by atoms with Crippen molar-refractivity contribution >= 4 is 21.6 Å². The van der Waals surface area contributed by atoms with Gasteiger partial charge >= 0.3 is 6.18 Å². The Morgan fingerprint density at radius 3 is 2.71 bits per heavy atom. The Labute approximate surface area is 87.4 Å². The number of hydrogen-bond acceptors (Lipinski definition) is 1. The highest BCUT2D eigenvalue weighted by Crippen LogP contribution is 2.35. The van der Waals surface area contributed by atoms with E-state index in [1.54, 1.807) is 18.2 Å². The molecule has 2 rings (SSSR count). The van der Waals surface area contributed by atoms with Crippen molar-refractivity contribution in [3.63, 3.8) is 0 Å². The van der Waals surface area contributed by atoms with E-state index in [1.165, 1.54) is 0 Å². The molecule has 0 amide bonds. The average molecular weight is 266 g/mol. The van der Waals surface area contributed by atoms with Gasteiger partial charge in [0.05, 0.1) is 0 Å². The molecule has 1 nitrogen and oxygen atoms in total. The number of nitrogens with one attached hydrogen (secondary N) is 1. The summed E-state index contributed by atoms with van der Waals surface area (Å²) in [7, 11) is 0. The van der Waals surface area contributed by atoms with Crippen LogP contribution >= 0.6 is 15.9 Å². The van der Waals surface area contributed by atoms with Crippen molar-refractivity contribution in [1.29, 1.82) is 0 Å². The van der Waals surface area contributed by atoms with E-state index in [9.17, 15) is 13.2 Å². The van der Waals surface area contributed by atoms with Crippen LogP contribution in [0.25, 0.3) is 0 Å². The molecule has 0 fully saturated rings. The topological polar surface area (TPSA) is 12.0 Å². The Bertz CT molecular complexity index is 362. The van der Waals surface area contributed by atoms with Crippen LogP contribution in [0.15, 0.2) is 22.7 Å². The van der Waals surface area contributed by atoms with Gasteiger partial charge in [0.2, 0.25) is 0 Å². The van der Waals surface area contributed by atoms with Gasteiger partial charge in [0, 0.05) is 16.6 Å². The summed E-state index contributed by atoms with van der Waals surface area (Å²) < 4.78 is 37.9. The van der Waals surface area contributed by atoms with Gasteiger partial charge in [-0.1, -0.05) is 15.9 Å². The number of benzene rings is 1. The summed E-state index contributed by atoms with van der Waals surface area (Å²) in [4.78, 5) is 0. The van der Waals surface area contributed by atoms with Crippen LogP contribution in [-0.2, 0) is 6.42 Å². The highest BCUT2D eigenvalue weighted by Gasteiger charge is 2.42. The Hall–Kier alpha value is -0.710. The summed E-state index contributed by atoms with van der Waals surface area (Å²) in [6.07, 6.45) is -4.16. The van der Waals surface area contributed by atoms with Gasteiger partial charge < -0.3 is 5.32 Å². The van der Waals surface area contributed by atoms with Gasteiger partial charge in [-0.2, -0.15) is 13.2 Å². The molecule has 1 N–H and O–H groups in total. The lowest BCUT2D eigenvalue weighted by Gasteiger charge is -2.14. The molecular weight excluding hydrogens is 259 g/mol. The number of fused-ring (bicyclic) bond motifs is 1. The van der Waals surface area contributed by atoms with Gasteiger partial charge in [0.25, 0.3) is 0 Å². The van der Waals surface area contributed by atoms with Crippen molar-refractivity contribution in [1.82, 2.24) is 0 Å². The first-order valence-corrected chi connectivity index (χ1v) is 4.88. The predicted octanol–water partition coefficient (Wildman–Crippen LogP) is 3.35. The second-order valence-electron chi connectivity index (χ2n) is 3.24. The monoisotopic (exact) mass is 265 g/mol. The van der Waals surface area contributed by atoms with Crippen LogP contribution in [0.1, 0.15) is 5.56 Å². The van der Waals surface area contributed by atoms with Crippen molar-refractivity contribution < 1.29 is 13.2 Å². The van der Waals surface area contributed by atoms with Crippen LogP contribution in [0.5, 0.6) is 0 Å². The lowest BCUT2D eigenvalue weighted by atomic mass is 10.1. The fourth-order valence-electron chi connectivity index (χ4n) is 1.53. The standard InChI is InChI=1S/C9H7BrF3N/c10-6-1-2-7-5(3-6)4-8(14-7)9(11,12)13/h1-3,8,14H,4H2/t8-/m0/s1. The maximum absolute atomic E-state index is 12.4. The summed E-state index contributed by atoms with van der Waals surface area (Å²) >= 11 is 3.23. The zero-order chi connectivity index (χ0) is 10.3. The molecule has 1 aliphatic heterocycles. The van der Waals surface area contributed by atoms with Gasteiger partial charge in [-0.25, -0.2) is 0 Å². The molecule has 1 aliphatic rings. The zero-order valence-corrected chi connectivity index (χ0v) is 8.61. The molecule has 1 heterocycles. The van der Waals surface area contributed by atoms with Crippen LogP contribution in [0.2, 0.25) is 0 Å². The van der Waals surface area contributed by atoms with Crippen LogP contribution in [0.4, 0.5) is 18.9 Å². The van der Waals surface area contributed by atoms with Gasteiger partial charge in [-0.05, 0) is 23.8 Å². The number of anilines is 1. The van der Waals surface area contributed by atoms with Crippen molar-refractivity contribution in [2.24, 2.45) is 0 Å². The molecule has 0 saturated heterocycles. The third-order valence-corrected chi connectivity index (χ3v) is 2.71. The Morgan fingerprint density at radius 2 is 2.07 bits per heavy atom. The fourth-order valence-corrected chi connectivity index (χ4v) is 1.94. The number of halogens is 4. The summed E-state index contributed by atoms with van der Waals surface area (Å²) in [6.45, 7) is 0. The third kappa shape index (κ3) is 1.73. The van der Waals surface area contributed by atoms with E-state index in [0.717, 1.165) is 4.47 Å². The van der Waals surface area contributed by atoms with Gasteiger partial charge in [0.1, 0.15) is 6.04 Å². The lowest BCUT2D eigenvalue weighted by molar-refractivity contribution is -0.140. The number of hydrogen-bond donors (Lipinski definition) is 1. The predicted molar refractivity (Wildman–Crippen MR) is 51.3 cm³/mol. The quantitative estimate of drug-likeness (QED) is 0.759. The molecule has 0 unspecified atom stereocenters. The highest BCUT2D eigenvalue weighted by molar-refractivity contribution is 9.10. The molecule has 1 aromatic carbocycles. The first kappa shape index (κ1) is 9.83. The van der Waals surface area contributed by atoms with Crippen LogP contribution in [0.3, 0.4) is 0 Å². The van der Waals surface area contributed by atoms with E-state index in [4.69, 9.17) is 0 Å². The third-order valence-electron chi connectivity index (χ3n) is 2.22. The Kier molecular flexibility index (Phi) is 2.21. The average Bonchev–Trinajstić information content (AvgIpc) is 2.45. The maximum Gasteiger partial charge on any atom is 0.408 e. The molecule has 1 aromatic rings. The van der Waals surface area contributed by atoms with Crippen molar-refractivity contribution in [2.75, 3.05) is 5.32 Å². The SMILES string of the molecule is FC(F)(F)[C@@H]1Cc2cc(Br)ccc2N1. The molecule has 14 heavy (non-hydrogen) atoms. The van der Waals surface area contributed by atoms with Crippen LogP contribution in [0, 0.1) is 0 Å². The van der Waals surface area contributed by atoms with Crippen LogP contribution in [-0.4, -0.2) is 12.2 Å². The number of alkyl halides is 3. The summed E-state index contributed by atoms with van der Waals surface area (Å²) in [6, 6.07) is 3.66. The Morgan fingerprint density at radius 1 is 1.36 bits per heavy atom. The van der Waals surface area contributed by atoms with Gasteiger partial charge in [0.15, 0.2) is 0 Å². The van der Waals surface area contributed by atoms with E-state index in [0.29, 0.717) is 11.3 Å². The second-order valence-corrected chi connectivity index (χ2v) is 4.16. The van der Waals surface area contributed by atoms with E-state index in [1.807, 2.05) is 0 Å².